The van der Waals surface area contributed by atoms with Crippen molar-refractivity contribution in [3.8, 4) is 5.69 Å². The summed E-state index contributed by atoms with van der Waals surface area (Å²) in [6, 6.07) is 23.5. The molecule has 2 aromatic heterocycles. The summed E-state index contributed by atoms with van der Waals surface area (Å²) in [5, 5.41) is 6.96. The van der Waals surface area contributed by atoms with Crippen LogP contribution >= 0.6 is 12.2 Å². The van der Waals surface area contributed by atoms with Gasteiger partial charge in [0.25, 0.3) is 0 Å². The Labute approximate surface area is 221 Å². The number of aromatic nitrogens is 2. The molecule has 37 heavy (non-hydrogen) atoms. The normalized spacial score (nSPS) is 17.1. The number of thiocarbonyl (C=S) groups is 1. The van der Waals surface area contributed by atoms with Crippen LogP contribution in [0.2, 0.25) is 0 Å². The fourth-order valence-electron chi connectivity index (χ4n) is 5.05. The lowest BCUT2D eigenvalue weighted by atomic mass is 9.96. The summed E-state index contributed by atoms with van der Waals surface area (Å²) < 4.78 is 16.1. The maximum atomic E-state index is 14.1. The first-order valence-electron chi connectivity index (χ1n) is 12.2. The molecule has 2 atom stereocenters. The van der Waals surface area contributed by atoms with Crippen molar-refractivity contribution in [2.75, 3.05) is 11.9 Å². The summed E-state index contributed by atoms with van der Waals surface area (Å²) in [5.41, 5.74) is 5.40. The minimum Gasteiger partial charge on any atom is -0.352 e. The van der Waals surface area contributed by atoms with Gasteiger partial charge in [-0.3, -0.25) is 9.78 Å². The van der Waals surface area contributed by atoms with Crippen LogP contribution in [0.4, 0.5) is 10.1 Å². The largest absolute Gasteiger partial charge is 0.352 e. The maximum Gasteiger partial charge on any atom is 0.226 e. The molecule has 1 fully saturated rings. The molecule has 8 heteroatoms. The SMILES string of the molecule is Cc1cc([C@H]2[C@@H](c3ccccn3)NC(=S)N2CCC(=O)Nc2ccccc2)c(C)n1-c1cccc(F)c1. The highest BCUT2D eigenvalue weighted by atomic mass is 32.1. The van der Waals surface area contributed by atoms with E-state index in [-0.39, 0.29) is 30.2 Å². The van der Waals surface area contributed by atoms with Gasteiger partial charge in [-0.15, -0.1) is 0 Å². The zero-order valence-corrected chi connectivity index (χ0v) is 21.5. The molecule has 5 rings (SSSR count). The predicted molar refractivity (Wildman–Crippen MR) is 147 cm³/mol. The molecule has 0 spiro atoms. The molecule has 0 radical (unpaired) electrons. The minimum absolute atomic E-state index is 0.0840. The summed E-state index contributed by atoms with van der Waals surface area (Å²) in [4.78, 5) is 19.4. The molecule has 4 aromatic rings. The second-order valence-corrected chi connectivity index (χ2v) is 9.51. The van der Waals surface area contributed by atoms with Crippen molar-refractivity contribution in [2.45, 2.75) is 32.4 Å². The molecule has 0 aliphatic carbocycles. The Morgan fingerprint density at radius 1 is 1.05 bits per heavy atom. The fraction of sp³-hybridized carbons (Fsp3) is 0.207. The van der Waals surface area contributed by atoms with E-state index in [4.69, 9.17) is 12.2 Å². The third-order valence-electron chi connectivity index (χ3n) is 6.69. The highest BCUT2D eigenvalue weighted by molar-refractivity contribution is 7.80. The number of carbonyl (C=O) groups excluding carboxylic acids is 1. The Kier molecular flexibility index (Phi) is 7.01. The van der Waals surface area contributed by atoms with E-state index in [1.807, 2.05) is 68.4 Å². The van der Waals surface area contributed by atoms with Crippen molar-refractivity contribution < 1.29 is 9.18 Å². The fourth-order valence-corrected chi connectivity index (χ4v) is 5.38. The maximum absolute atomic E-state index is 14.1. The van der Waals surface area contributed by atoms with Gasteiger partial charge in [0.05, 0.1) is 17.8 Å². The summed E-state index contributed by atoms with van der Waals surface area (Å²) >= 11 is 5.77. The van der Waals surface area contributed by atoms with Gasteiger partial charge in [-0.05, 0) is 80.2 Å². The van der Waals surface area contributed by atoms with Gasteiger partial charge in [0.15, 0.2) is 5.11 Å². The van der Waals surface area contributed by atoms with Crippen LogP contribution < -0.4 is 10.6 Å². The average molecular weight is 514 g/mol. The summed E-state index contributed by atoms with van der Waals surface area (Å²) in [5.74, 6) is -0.369. The van der Waals surface area contributed by atoms with Crippen LogP contribution in [0.1, 0.15) is 41.1 Å². The van der Waals surface area contributed by atoms with Gasteiger partial charge in [0.2, 0.25) is 5.91 Å². The van der Waals surface area contributed by atoms with E-state index in [1.54, 1.807) is 12.3 Å². The first-order chi connectivity index (χ1) is 17.9. The van der Waals surface area contributed by atoms with E-state index in [9.17, 15) is 9.18 Å². The van der Waals surface area contributed by atoms with Crippen LogP contribution in [-0.2, 0) is 4.79 Å². The van der Waals surface area contributed by atoms with E-state index in [1.165, 1.54) is 12.1 Å². The molecule has 3 heterocycles. The molecule has 1 saturated heterocycles. The second kappa shape index (κ2) is 10.5. The Bertz CT molecular complexity index is 1420. The van der Waals surface area contributed by atoms with E-state index in [2.05, 4.69) is 31.2 Å². The summed E-state index contributed by atoms with van der Waals surface area (Å²) in [6.45, 7) is 4.47. The van der Waals surface area contributed by atoms with Crippen LogP contribution in [0.3, 0.4) is 0 Å². The second-order valence-electron chi connectivity index (χ2n) is 9.13. The minimum atomic E-state index is -0.285. The number of nitrogens with zero attached hydrogens (tertiary/aromatic N) is 3. The van der Waals surface area contributed by atoms with Crippen LogP contribution in [-0.4, -0.2) is 32.0 Å². The van der Waals surface area contributed by atoms with E-state index in [0.29, 0.717) is 11.7 Å². The molecule has 188 valence electrons. The molecule has 6 nitrogen and oxygen atoms in total. The van der Waals surface area contributed by atoms with Crippen molar-refractivity contribution in [2.24, 2.45) is 0 Å². The molecule has 1 aliphatic rings. The Balaban J connectivity index is 1.48. The zero-order valence-electron chi connectivity index (χ0n) is 20.7. The average Bonchev–Trinajstić information content (AvgIpc) is 3.38. The molecular weight excluding hydrogens is 485 g/mol. The highest BCUT2D eigenvalue weighted by Crippen LogP contribution is 2.41. The molecule has 2 aromatic carbocycles. The van der Waals surface area contributed by atoms with Gasteiger partial charge in [-0.2, -0.15) is 0 Å². The molecule has 1 amide bonds. The van der Waals surface area contributed by atoms with Crippen LogP contribution in [0, 0.1) is 19.7 Å². The number of anilines is 1. The number of pyridine rings is 1. The van der Waals surface area contributed by atoms with Gasteiger partial charge >= 0.3 is 0 Å². The first kappa shape index (κ1) is 24.6. The predicted octanol–water partition coefficient (Wildman–Crippen LogP) is 5.63. The standard InChI is InChI=1S/C29H28FN5OS/c1-19-17-24(20(2)35(19)23-12-8-9-21(30)18-23)28-27(25-13-6-7-15-31-25)33-29(37)34(28)16-14-26(36)32-22-10-4-3-5-11-22/h3-13,15,17-18,27-28H,14,16H2,1-2H3,(H,32,36)(H,33,37)/t27-,28+/m1/s1. The lowest BCUT2D eigenvalue weighted by Crippen LogP contribution is -2.32. The number of hydrogen-bond acceptors (Lipinski definition) is 3. The topological polar surface area (TPSA) is 62.2 Å². The number of hydrogen-bond donors (Lipinski definition) is 2. The lowest BCUT2D eigenvalue weighted by molar-refractivity contribution is -0.116. The Hall–Kier alpha value is -4.04. The number of halogens is 1. The molecule has 0 saturated carbocycles. The van der Waals surface area contributed by atoms with Gasteiger partial charge in [0.1, 0.15) is 5.82 Å². The molecule has 0 bridgehead atoms. The number of amides is 1. The smallest absolute Gasteiger partial charge is 0.226 e. The highest BCUT2D eigenvalue weighted by Gasteiger charge is 2.41. The number of para-hydroxylation sites is 1. The van der Waals surface area contributed by atoms with Crippen LogP contribution in [0.25, 0.3) is 5.69 Å². The van der Waals surface area contributed by atoms with E-state index >= 15 is 0 Å². The number of aryl methyl sites for hydroxylation is 1. The van der Waals surface area contributed by atoms with Gasteiger partial charge < -0.3 is 20.1 Å². The van der Waals surface area contributed by atoms with Crippen molar-refractivity contribution in [1.82, 2.24) is 19.8 Å². The number of benzene rings is 2. The van der Waals surface area contributed by atoms with Crippen molar-refractivity contribution in [3.05, 3.63) is 114 Å². The van der Waals surface area contributed by atoms with Gasteiger partial charge in [0, 0.05) is 41.9 Å². The van der Waals surface area contributed by atoms with Gasteiger partial charge in [-0.25, -0.2) is 4.39 Å². The summed E-state index contributed by atoms with van der Waals surface area (Å²) in [6.07, 6.45) is 2.04. The zero-order chi connectivity index (χ0) is 25.9. The van der Waals surface area contributed by atoms with Crippen molar-refractivity contribution in [3.63, 3.8) is 0 Å². The summed E-state index contributed by atoms with van der Waals surface area (Å²) in [7, 11) is 0. The molecule has 0 unspecified atom stereocenters. The monoisotopic (exact) mass is 513 g/mol. The van der Waals surface area contributed by atoms with Gasteiger partial charge in [-0.1, -0.05) is 30.3 Å². The Morgan fingerprint density at radius 3 is 2.57 bits per heavy atom. The molecule has 1 aliphatic heterocycles. The first-order valence-corrected chi connectivity index (χ1v) is 12.6. The number of carbonyl (C=O) groups is 1. The van der Waals surface area contributed by atoms with Crippen LogP contribution in [0.5, 0.6) is 0 Å². The molecule has 2 N–H and O–H groups in total. The van der Waals surface area contributed by atoms with E-state index in [0.717, 1.165) is 34.0 Å². The quantitative estimate of drug-likeness (QED) is 0.314. The number of nitrogens with one attached hydrogen (secondary N) is 2. The third-order valence-corrected chi connectivity index (χ3v) is 7.04. The third kappa shape index (κ3) is 5.11. The number of rotatable bonds is 7. The van der Waals surface area contributed by atoms with Crippen LogP contribution in [0.15, 0.2) is 85.1 Å². The van der Waals surface area contributed by atoms with Crippen molar-refractivity contribution in [1.29, 1.82) is 0 Å². The Morgan fingerprint density at radius 2 is 1.84 bits per heavy atom. The molecular formula is C29H28FN5OS. The lowest BCUT2D eigenvalue weighted by Gasteiger charge is -2.28. The van der Waals surface area contributed by atoms with E-state index < -0.39 is 0 Å². The van der Waals surface area contributed by atoms with Crippen molar-refractivity contribution >= 4 is 28.9 Å².